The first-order valence-electron chi connectivity index (χ1n) is 4.19. The fourth-order valence-electron chi connectivity index (χ4n) is 1.29. The summed E-state index contributed by atoms with van der Waals surface area (Å²) in [5.74, 6) is 0.300. The van der Waals surface area contributed by atoms with Crippen LogP contribution in [0.15, 0.2) is 22.6 Å². The lowest BCUT2D eigenvalue weighted by molar-refractivity contribution is 0.244. The number of aliphatic hydroxyl groups excluding tert-OH is 1. The van der Waals surface area contributed by atoms with E-state index >= 15 is 0 Å². The van der Waals surface area contributed by atoms with E-state index in [1.165, 1.54) is 0 Å². The molecule has 0 fully saturated rings. The van der Waals surface area contributed by atoms with Gasteiger partial charge in [-0.2, -0.15) is 5.26 Å². The van der Waals surface area contributed by atoms with Crippen LogP contribution < -0.4 is 0 Å². The van der Waals surface area contributed by atoms with Crippen LogP contribution in [0.2, 0.25) is 0 Å². The van der Waals surface area contributed by atoms with Gasteiger partial charge in [-0.05, 0) is 17.7 Å². The smallest absolute Gasteiger partial charge is 0.221 e. The molecule has 4 nitrogen and oxygen atoms in total. The molecule has 1 aromatic heterocycles. The summed E-state index contributed by atoms with van der Waals surface area (Å²) in [7, 11) is 0. The monoisotopic (exact) mass is 188 g/mol. The third-order valence-corrected chi connectivity index (χ3v) is 1.92. The predicted octanol–water partition coefficient (Wildman–Crippen LogP) is 1.39. The van der Waals surface area contributed by atoms with E-state index in [0.29, 0.717) is 23.4 Å². The molecule has 70 valence electrons. The van der Waals surface area contributed by atoms with Crippen molar-refractivity contribution < 1.29 is 9.52 Å². The molecule has 0 aliphatic heterocycles. The third-order valence-electron chi connectivity index (χ3n) is 1.92. The molecule has 0 amide bonds. The number of fused-ring (bicyclic) bond motifs is 1. The number of rotatable bonds is 2. The number of hydrogen-bond donors (Lipinski definition) is 1. The molecule has 14 heavy (non-hydrogen) atoms. The summed E-state index contributed by atoms with van der Waals surface area (Å²) in [5, 5.41) is 17.3. The van der Waals surface area contributed by atoms with Gasteiger partial charge in [-0.25, -0.2) is 4.98 Å². The average Bonchev–Trinajstić information content (AvgIpc) is 2.60. The van der Waals surface area contributed by atoms with E-state index in [4.69, 9.17) is 14.8 Å². The zero-order chi connectivity index (χ0) is 9.97. The SMILES string of the molecule is N#CCc1ccc2nc(CO)oc2c1. The quantitative estimate of drug-likeness (QED) is 0.773. The Labute approximate surface area is 80.4 Å². The van der Waals surface area contributed by atoms with Crippen molar-refractivity contribution in [2.75, 3.05) is 0 Å². The second kappa shape index (κ2) is 3.48. The molecule has 0 aliphatic carbocycles. The Balaban J connectivity index is 2.49. The van der Waals surface area contributed by atoms with Crippen molar-refractivity contribution >= 4 is 11.1 Å². The molecule has 0 unspecified atom stereocenters. The zero-order valence-electron chi connectivity index (χ0n) is 7.40. The number of aliphatic hydroxyl groups is 1. The second-order valence-corrected chi connectivity index (χ2v) is 2.90. The van der Waals surface area contributed by atoms with Crippen LogP contribution in [0.5, 0.6) is 0 Å². The molecule has 2 rings (SSSR count). The highest BCUT2D eigenvalue weighted by molar-refractivity contribution is 5.73. The van der Waals surface area contributed by atoms with E-state index in [1.54, 1.807) is 12.1 Å². The number of benzene rings is 1. The Morgan fingerprint density at radius 1 is 1.50 bits per heavy atom. The lowest BCUT2D eigenvalue weighted by Gasteiger charge is -1.91. The standard InChI is InChI=1S/C10H8N2O2/c11-4-3-7-1-2-8-9(5-7)14-10(6-13)12-8/h1-2,5,13H,3,6H2. The van der Waals surface area contributed by atoms with Crippen LogP contribution in [0.1, 0.15) is 11.5 Å². The van der Waals surface area contributed by atoms with Crippen LogP contribution in [0, 0.1) is 11.3 Å². The molecule has 0 spiro atoms. The van der Waals surface area contributed by atoms with Crippen LogP contribution in [0.4, 0.5) is 0 Å². The van der Waals surface area contributed by atoms with Gasteiger partial charge in [-0.3, -0.25) is 0 Å². The van der Waals surface area contributed by atoms with E-state index in [1.807, 2.05) is 6.07 Å². The molecular weight excluding hydrogens is 180 g/mol. The van der Waals surface area contributed by atoms with Crippen LogP contribution in [-0.2, 0) is 13.0 Å². The molecule has 2 aromatic rings. The van der Waals surface area contributed by atoms with E-state index in [9.17, 15) is 0 Å². The molecule has 0 bridgehead atoms. The molecule has 1 N–H and O–H groups in total. The molecule has 1 aromatic carbocycles. The number of hydrogen-bond acceptors (Lipinski definition) is 4. The van der Waals surface area contributed by atoms with Crippen molar-refractivity contribution in [1.29, 1.82) is 5.26 Å². The first kappa shape index (κ1) is 8.73. The summed E-state index contributed by atoms with van der Waals surface area (Å²) in [6, 6.07) is 7.44. The van der Waals surface area contributed by atoms with Crippen LogP contribution >= 0.6 is 0 Å². The van der Waals surface area contributed by atoms with Gasteiger partial charge in [0.25, 0.3) is 0 Å². The van der Waals surface area contributed by atoms with Crippen molar-refractivity contribution in [3.05, 3.63) is 29.7 Å². The molecule has 0 atom stereocenters. The summed E-state index contributed by atoms with van der Waals surface area (Å²) < 4.78 is 5.23. The minimum absolute atomic E-state index is 0.206. The van der Waals surface area contributed by atoms with E-state index in [-0.39, 0.29) is 6.61 Å². The van der Waals surface area contributed by atoms with Gasteiger partial charge in [0.05, 0.1) is 12.5 Å². The molecule has 1 heterocycles. The minimum atomic E-state index is -0.206. The highest BCUT2D eigenvalue weighted by Crippen LogP contribution is 2.17. The molecule has 0 saturated carbocycles. The largest absolute Gasteiger partial charge is 0.438 e. The Morgan fingerprint density at radius 3 is 3.07 bits per heavy atom. The van der Waals surface area contributed by atoms with Crippen molar-refractivity contribution in [3.8, 4) is 6.07 Å². The Kier molecular flexibility index (Phi) is 2.17. The first-order chi connectivity index (χ1) is 6.83. The Hall–Kier alpha value is -1.86. The van der Waals surface area contributed by atoms with E-state index in [0.717, 1.165) is 5.56 Å². The normalized spacial score (nSPS) is 10.3. The Bertz CT molecular complexity index is 496. The van der Waals surface area contributed by atoms with Gasteiger partial charge in [0.2, 0.25) is 5.89 Å². The average molecular weight is 188 g/mol. The summed E-state index contributed by atoms with van der Waals surface area (Å²) in [6.07, 6.45) is 0.352. The summed E-state index contributed by atoms with van der Waals surface area (Å²) in [5.41, 5.74) is 2.21. The van der Waals surface area contributed by atoms with Crippen LogP contribution in [0.3, 0.4) is 0 Å². The maximum atomic E-state index is 8.80. The van der Waals surface area contributed by atoms with Gasteiger partial charge in [0.15, 0.2) is 5.58 Å². The van der Waals surface area contributed by atoms with Gasteiger partial charge < -0.3 is 9.52 Å². The summed E-state index contributed by atoms with van der Waals surface area (Å²) in [4.78, 5) is 4.03. The molecule has 4 heteroatoms. The predicted molar refractivity (Wildman–Crippen MR) is 49.2 cm³/mol. The lowest BCUT2D eigenvalue weighted by Crippen LogP contribution is -1.80. The van der Waals surface area contributed by atoms with Gasteiger partial charge >= 0.3 is 0 Å². The number of oxazole rings is 1. The summed E-state index contributed by atoms with van der Waals surface area (Å²) >= 11 is 0. The van der Waals surface area contributed by atoms with Crippen molar-refractivity contribution in [3.63, 3.8) is 0 Å². The highest BCUT2D eigenvalue weighted by atomic mass is 16.4. The van der Waals surface area contributed by atoms with E-state index < -0.39 is 0 Å². The van der Waals surface area contributed by atoms with Crippen molar-refractivity contribution in [2.45, 2.75) is 13.0 Å². The minimum Gasteiger partial charge on any atom is -0.438 e. The second-order valence-electron chi connectivity index (χ2n) is 2.90. The van der Waals surface area contributed by atoms with Gasteiger partial charge in [0.1, 0.15) is 12.1 Å². The fraction of sp³-hybridized carbons (Fsp3) is 0.200. The highest BCUT2D eigenvalue weighted by Gasteiger charge is 2.04. The van der Waals surface area contributed by atoms with Crippen molar-refractivity contribution in [1.82, 2.24) is 4.98 Å². The fourth-order valence-corrected chi connectivity index (χ4v) is 1.29. The maximum Gasteiger partial charge on any atom is 0.221 e. The van der Waals surface area contributed by atoms with Gasteiger partial charge in [0, 0.05) is 0 Å². The maximum absolute atomic E-state index is 8.80. The van der Waals surface area contributed by atoms with Crippen molar-refractivity contribution in [2.24, 2.45) is 0 Å². The Morgan fingerprint density at radius 2 is 2.36 bits per heavy atom. The number of aromatic nitrogens is 1. The molecule has 0 saturated heterocycles. The molecule has 0 radical (unpaired) electrons. The lowest BCUT2D eigenvalue weighted by atomic mass is 10.1. The topological polar surface area (TPSA) is 70.0 Å². The third kappa shape index (κ3) is 1.45. The van der Waals surface area contributed by atoms with Gasteiger partial charge in [-0.1, -0.05) is 6.07 Å². The molecular formula is C10H8N2O2. The number of nitriles is 1. The van der Waals surface area contributed by atoms with E-state index in [2.05, 4.69) is 11.1 Å². The van der Waals surface area contributed by atoms with Crippen LogP contribution in [0.25, 0.3) is 11.1 Å². The summed E-state index contributed by atoms with van der Waals surface area (Å²) in [6.45, 7) is -0.206. The zero-order valence-corrected chi connectivity index (χ0v) is 7.40. The number of nitrogens with zero attached hydrogens (tertiary/aromatic N) is 2. The van der Waals surface area contributed by atoms with Gasteiger partial charge in [-0.15, -0.1) is 0 Å². The molecule has 0 aliphatic rings. The first-order valence-corrected chi connectivity index (χ1v) is 4.19. The van der Waals surface area contributed by atoms with Crippen LogP contribution in [-0.4, -0.2) is 10.1 Å².